The van der Waals surface area contributed by atoms with Gasteiger partial charge in [-0.25, -0.2) is 13.2 Å². The molecular weight excluding hydrogens is 744 g/mol. The number of aliphatic hydroxyl groups is 1. The van der Waals surface area contributed by atoms with Crippen molar-refractivity contribution in [3.8, 4) is 22.6 Å². The normalized spacial score (nSPS) is 17.8. The van der Waals surface area contributed by atoms with Gasteiger partial charge in [0.1, 0.15) is 35.3 Å². The van der Waals surface area contributed by atoms with Crippen LogP contribution in [0, 0.1) is 25.5 Å². The molecule has 1 amide bonds. The molecule has 2 N–H and O–H groups in total. The summed E-state index contributed by atoms with van der Waals surface area (Å²) in [5, 5.41) is 13.5. The molecule has 2 atom stereocenters. The van der Waals surface area contributed by atoms with Crippen LogP contribution in [0.5, 0.6) is 11.5 Å². The van der Waals surface area contributed by atoms with E-state index in [0.717, 1.165) is 18.3 Å². The highest BCUT2D eigenvalue weighted by atomic mass is 19.4. The second-order valence-corrected chi connectivity index (χ2v) is 14.7. The van der Waals surface area contributed by atoms with E-state index >= 15 is 8.78 Å². The monoisotopic (exact) mass is 785 g/mol. The lowest BCUT2D eigenvalue weighted by Gasteiger charge is -2.34. The number of benzene rings is 3. The summed E-state index contributed by atoms with van der Waals surface area (Å²) in [6.07, 6.45) is -6.21. The van der Waals surface area contributed by atoms with E-state index in [2.05, 4.69) is 5.32 Å². The van der Waals surface area contributed by atoms with Crippen LogP contribution in [0.1, 0.15) is 78.2 Å². The van der Waals surface area contributed by atoms with Crippen molar-refractivity contribution in [1.82, 2.24) is 14.8 Å². The Morgan fingerprint density at radius 1 is 1.00 bits per heavy atom. The van der Waals surface area contributed by atoms with E-state index < -0.39 is 82.2 Å². The SMILES string of the molecule is CCOC(=O)C[C@@H]1NC(=O)[C@@H](n2cc(CCN3CC(F)C3)c(C(F)(F)F)cc2=O)c2cc(ccc2F)Oc2cc(C(C)(C)O)cc(C)c2-c2cc(C)c(F)c1c2. The highest BCUT2D eigenvalue weighted by Crippen LogP contribution is 2.43. The minimum atomic E-state index is -4.99. The quantitative estimate of drug-likeness (QED) is 0.142. The predicted molar refractivity (Wildman–Crippen MR) is 194 cm³/mol. The lowest BCUT2D eigenvalue weighted by atomic mass is 9.88. The van der Waals surface area contributed by atoms with E-state index in [1.165, 1.54) is 25.1 Å². The molecule has 0 unspecified atom stereocenters. The van der Waals surface area contributed by atoms with Gasteiger partial charge in [0.2, 0.25) is 5.91 Å². The van der Waals surface area contributed by atoms with Crippen molar-refractivity contribution in [3.05, 3.63) is 116 Å². The van der Waals surface area contributed by atoms with Crippen molar-refractivity contribution in [2.45, 2.75) is 77.5 Å². The van der Waals surface area contributed by atoms with E-state index in [1.54, 1.807) is 44.7 Å². The molecule has 0 saturated carbocycles. The van der Waals surface area contributed by atoms with Crippen LogP contribution in [0.4, 0.5) is 26.3 Å². The fourth-order valence-corrected chi connectivity index (χ4v) is 7.19. The Bertz CT molecular complexity index is 2240. The lowest BCUT2D eigenvalue weighted by molar-refractivity contribution is -0.144. The van der Waals surface area contributed by atoms with Gasteiger partial charge in [-0.2, -0.15) is 13.2 Å². The Morgan fingerprint density at radius 3 is 2.36 bits per heavy atom. The molecule has 1 fully saturated rings. The van der Waals surface area contributed by atoms with E-state index in [-0.39, 0.29) is 55.3 Å². The number of carbonyl (C=O) groups excluding carboxylic acids is 2. The molecule has 56 heavy (non-hydrogen) atoms. The van der Waals surface area contributed by atoms with Gasteiger partial charge in [0.15, 0.2) is 0 Å². The average molecular weight is 786 g/mol. The molecule has 0 radical (unpaired) electrons. The number of hydrogen-bond donors (Lipinski definition) is 2. The van der Waals surface area contributed by atoms with Crippen LogP contribution in [0.25, 0.3) is 11.1 Å². The molecule has 3 heterocycles. The molecular formula is C41H41F6N3O6. The number of halogens is 6. The summed E-state index contributed by atoms with van der Waals surface area (Å²) in [5.74, 6) is -3.74. The van der Waals surface area contributed by atoms with Crippen LogP contribution < -0.4 is 15.6 Å². The molecule has 0 spiro atoms. The maximum absolute atomic E-state index is 16.3. The number of nitrogens with one attached hydrogen (secondary N) is 1. The van der Waals surface area contributed by atoms with E-state index in [9.17, 15) is 37.1 Å². The number of ether oxygens (including phenoxy) is 2. The van der Waals surface area contributed by atoms with Gasteiger partial charge in [0, 0.05) is 48.6 Å². The summed E-state index contributed by atoms with van der Waals surface area (Å²) in [6.45, 7) is 7.86. The van der Waals surface area contributed by atoms with Crippen LogP contribution in [-0.4, -0.2) is 58.9 Å². The molecule has 298 valence electrons. The fourth-order valence-electron chi connectivity index (χ4n) is 7.19. The minimum Gasteiger partial charge on any atom is -0.466 e. The van der Waals surface area contributed by atoms with E-state index in [4.69, 9.17) is 9.47 Å². The molecule has 6 rings (SSSR count). The Labute approximate surface area is 318 Å². The van der Waals surface area contributed by atoms with Crippen LogP contribution in [-0.2, 0) is 32.5 Å². The van der Waals surface area contributed by atoms with Crippen molar-refractivity contribution in [3.63, 3.8) is 0 Å². The highest BCUT2D eigenvalue weighted by Gasteiger charge is 2.38. The molecule has 9 nitrogen and oxygen atoms in total. The first-order chi connectivity index (χ1) is 26.2. The summed E-state index contributed by atoms with van der Waals surface area (Å²) >= 11 is 0. The molecule has 2 aliphatic heterocycles. The predicted octanol–water partition coefficient (Wildman–Crippen LogP) is 7.36. The zero-order chi connectivity index (χ0) is 40.9. The number of pyridine rings is 1. The Hall–Kier alpha value is -5.15. The Kier molecular flexibility index (Phi) is 11.2. The third-order valence-electron chi connectivity index (χ3n) is 10.0. The standard InChI is InChI=1S/C41H41F6N3O6/c1-6-55-35(52)17-32-29-13-24(11-22(3)37(29)44)36-21(2)12-25(40(4,5)54)14-33(36)56-27-7-8-31(43)28(15-27)38(39(53)48-32)50-18-23(9-10-49-19-26(42)20-49)30(16-34(50)51)41(45,46)47/h7-8,11-16,18,26,32,38,54H,6,9-10,17,19-20H2,1-5H3,(H,48,53)/t32-,38-/m0/s1. The smallest absolute Gasteiger partial charge is 0.416 e. The van der Waals surface area contributed by atoms with E-state index in [0.29, 0.717) is 32.9 Å². The summed E-state index contributed by atoms with van der Waals surface area (Å²) in [5.41, 5.74) is -3.07. The molecule has 1 saturated heterocycles. The number of esters is 1. The van der Waals surface area contributed by atoms with Gasteiger partial charge in [0.25, 0.3) is 5.56 Å². The zero-order valence-corrected chi connectivity index (χ0v) is 31.3. The van der Waals surface area contributed by atoms with Crippen LogP contribution in [0.15, 0.2) is 59.5 Å². The van der Waals surface area contributed by atoms with Gasteiger partial charge >= 0.3 is 12.1 Å². The maximum Gasteiger partial charge on any atom is 0.416 e. The summed E-state index contributed by atoms with van der Waals surface area (Å²) in [6, 6.07) is 6.37. The van der Waals surface area contributed by atoms with Gasteiger partial charge < -0.3 is 19.9 Å². The first-order valence-electron chi connectivity index (χ1n) is 18.0. The van der Waals surface area contributed by atoms with Crippen molar-refractivity contribution in [2.75, 3.05) is 26.2 Å². The Balaban J connectivity index is 1.62. The molecule has 1 aromatic heterocycles. The van der Waals surface area contributed by atoms with Gasteiger partial charge in [-0.15, -0.1) is 0 Å². The van der Waals surface area contributed by atoms with Crippen LogP contribution in [0.2, 0.25) is 0 Å². The molecule has 2 aliphatic rings. The summed E-state index contributed by atoms with van der Waals surface area (Å²) in [4.78, 5) is 42.9. The zero-order valence-electron chi connectivity index (χ0n) is 31.3. The molecule has 4 aromatic rings. The average Bonchev–Trinajstić information content (AvgIpc) is 3.08. The number of amides is 1. The number of likely N-dealkylation sites (tertiary alicyclic amines) is 1. The number of fused-ring (bicyclic) bond motifs is 6. The van der Waals surface area contributed by atoms with E-state index in [1.807, 2.05) is 0 Å². The highest BCUT2D eigenvalue weighted by molar-refractivity contribution is 5.85. The molecule has 4 bridgehead atoms. The van der Waals surface area contributed by atoms with Crippen molar-refractivity contribution in [2.24, 2.45) is 0 Å². The first kappa shape index (κ1) is 40.5. The van der Waals surface area contributed by atoms with Crippen LogP contribution >= 0.6 is 0 Å². The van der Waals surface area contributed by atoms with Crippen molar-refractivity contribution >= 4 is 11.9 Å². The number of carbonyl (C=O) groups is 2. The molecule has 15 heteroatoms. The number of alkyl halides is 4. The van der Waals surface area contributed by atoms with Crippen molar-refractivity contribution < 1.29 is 50.5 Å². The van der Waals surface area contributed by atoms with Gasteiger partial charge in [-0.1, -0.05) is 6.07 Å². The number of hydrogen-bond acceptors (Lipinski definition) is 7. The van der Waals surface area contributed by atoms with Gasteiger partial charge in [-0.05, 0) is 105 Å². The third kappa shape index (κ3) is 8.33. The first-order valence-corrected chi connectivity index (χ1v) is 18.0. The number of rotatable bonds is 8. The molecule has 3 aromatic carbocycles. The summed E-state index contributed by atoms with van der Waals surface area (Å²) < 4.78 is 101. The topological polar surface area (TPSA) is 110 Å². The van der Waals surface area contributed by atoms with Crippen molar-refractivity contribution in [1.29, 1.82) is 0 Å². The minimum absolute atomic E-state index is 0.00169. The number of aryl methyl sites for hydroxylation is 2. The summed E-state index contributed by atoms with van der Waals surface area (Å²) in [7, 11) is 0. The third-order valence-corrected chi connectivity index (χ3v) is 10.0. The lowest BCUT2D eigenvalue weighted by Crippen LogP contribution is -2.49. The van der Waals surface area contributed by atoms with Gasteiger partial charge in [0.05, 0.1) is 30.2 Å². The van der Waals surface area contributed by atoms with Crippen LogP contribution in [0.3, 0.4) is 0 Å². The number of nitrogens with zero attached hydrogens (tertiary/aromatic N) is 2. The second kappa shape index (κ2) is 15.4. The molecule has 0 aliphatic carbocycles. The number of aromatic nitrogens is 1. The fraction of sp³-hybridized carbons (Fsp3) is 0.390. The van der Waals surface area contributed by atoms with Gasteiger partial charge in [-0.3, -0.25) is 23.9 Å². The largest absolute Gasteiger partial charge is 0.466 e. The maximum atomic E-state index is 16.3. The Morgan fingerprint density at radius 2 is 1.71 bits per heavy atom. The second-order valence-electron chi connectivity index (χ2n) is 14.7.